The summed E-state index contributed by atoms with van der Waals surface area (Å²) in [4.78, 5) is 16.4. The molecule has 0 amide bonds. The van der Waals surface area contributed by atoms with Crippen LogP contribution in [0.25, 0.3) is 0 Å². The van der Waals surface area contributed by atoms with Gasteiger partial charge in [0.25, 0.3) is 0 Å². The fraction of sp³-hybridized carbons (Fsp3) is 0.889. The first-order chi connectivity index (χ1) is 7.93. The van der Waals surface area contributed by atoms with E-state index in [1.54, 1.807) is 4.89 Å². The number of carboxylic acids is 1. The van der Waals surface area contributed by atoms with Gasteiger partial charge in [-0.25, -0.2) is 4.79 Å². The van der Waals surface area contributed by atoms with Crippen LogP contribution < -0.4 is 4.89 Å². The molecular weight excluding hydrogens is 248 g/mol. The Hall–Kier alpha value is -0.700. The van der Waals surface area contributed by atoms with Crippen molar-refractivity contribution in [3.05, 3.63) is 0 Å². The van der Waals surface area contributed by atoms with Crippen molar-refractivity contribution in [2.45, 2.75) is 38.1 Å². The molecule has 0 aromatic heterocycles. The second-order valence-corrected chi connectivity index (χ2v) is 5.77. The topological polar surface area (TPSA) is 95.9 Å². The van der Waals surface area contributed by atoms with E-state index in [2.05, 4.69) is 4.84 Å². The SMILES string of the molecule is CN(C1CCCCC1)S(=O)(=O)NOCC(=O)O. The van der Waals surface area contributed by atoms with Crippen LogP contribution >= 0.6 is 0 Å². The lowest BCUT2D eigenvalue weighted by molar-refractivity contribution is -0.143. The van der Waals surface area contributed by atoms with Crippen LogP contribution in [0.4, 0.5) is 0 Å². The molecule has 0 saturated heterocycles. The van der Waals surface area contributed by atoms with Crippen LogP contribution in [0.1, 0.15) is 32.1 Å². The number of nitrogens with one attached hydrogen (secondary N) is 1. The molecule has 1 rings (SSSR count). The molecule has 7 nitrogen and oxygen atoms in total. The summed E-state index contributed by atoms with van der Waals surface area (Å²) in [6.45, 7) is -0.697. The van der Waals surface area contributed by atoms with Gasteiger partial charge in [0.2, 0.25) is 0 Å². The van der Waals surface area contributed by atoms with E-state index >= 15 is 0 Å². The van der Waals surface area contributed by atoms with Crippen LogP contribution in [-0.2, 0) is 19.8 Å². The average molecular weight is 266 g/mol. The van der Waals surface area contributed by atoms with Crippen molar-refractivity contribution < 1.29 is 23.2 Å². The Labute approximate surface area is 101 Å². The molecule has 0 heterocycles. The molecule has 1 aliphatic rings. The lowest BCUT2D eigenvalue weighted by Gasteiger charge is -2.29. The molecule has 0 aliphatic heterocycles. The third-order valence-corrected chi connectivity index (χ3v) is 4.21. The molecule has 0 radical (unpaired) electrons. The highest BCUT2D eigenvalue weighted by molar-refractivity contribution is 7.87. The van der Waals surface area contributed by atoms with Crippen LogP contribution in [0.5, 0.6) is 0 Å². The Morgan fingerprint density at radius 3 is 2.53 bits per heavy atom. The van der Waals surface area contributed by atoms with E-state index in [9.17, 15) is 13.2 Å². The minimum absolute atomic E-state index is 0.0327. The number of aliphatic carboxylic acids is 1. The van der Waals surface area contributed by atoms with E-state index in [1.165, 1.54) is 11.4 Å². The first-order valence-electron chi connectivity index (χ1n) is 5.52. The highest BCUT2D eigenvalue weighted by Gasteiger charge is 2.27. The molecule has 0 spiro atoms. The van der Waals surface area contributed by atoms with Crippen LogP contribution in [-0.4, -0.2) is 43.5 Å². The zero-order valence-corrected chi connectivity index (χ0v) is 10.6. The van der Waals surface area contributed by atoms with Crippen molar-refractivity contribution >= 4 is 16.2 Å². The van der Waals surface area contributed by atoms with Crippen LogP contribution in [0.3, 0.4) is 0 Å². The molecule has 17 heavy (non-hydrogen) atoms. The van der Waals surface area contributed by atoms with Crippen LogP contribution in [0, 0.1) is 0 Å². The first kappa shape index (κ1) is 14.4. The standard InChI is InChI=1S/C9H18N2O5S/c1-11(8-5-3-2-4-6-8)17(14,15)10-16-7-9(12)13/h8,10H,2-7H2,1H3,(H,12,13). The molecule has 0 atom stereocenters. The molecule has 8 heteroatoms. The lowest BCUT2D eigenvalue weighted by Crippen LogP contribution is -2.45. The molecule has 0 unspecified atom stereocenters. The van der Waals surface area contributed by atoms with Crippen LogP contribution in [0.15, 0.2) is 0 Å². The fourth-order valence-corrected chi connectivity index (χ4v) is 2.79. The van der Waals surface area contributed by atoms with E-state index < -0.39 is 22.8 Å². The van der Waals surface area contributed by atoms with Crippen LogP contribution in [0.2, 0.25) is 0 Å². The van der Waals surface area contributed by atoms with Gasteiger partial charge in [-0.2, -0.15) is 12.7 Å². The third kappa shape index (κ3) is 4.58. The molecule has 1 fully saturated rings. The maximum atomic E-state index is 11.7. The first-order valence-corrected chi connectivity index (χ1v) is 6.96. The van der Waals surface area contributed by atoms with E-state index in [1.807, 2.05) is 0 Å². The van der Waals surface area contributed by atoms with Gasteiger partial charge < -0.3 is 5.11 Å². The lowest BCUT2D eigenvalue weighted by atomic mass is 9.96. The molecule has 1 saturated carbocycles. The Morgan fingerprint density at radius 1 is 1.41 bits per heavy atom. The summed E-state index contributed by atoms with van der Waals surface area (Å²) in [6, 6.07) is -0.0327. The summed E-state index contributed by atoms with van der Waals surface area (Å²) < 4.78 is 24.6. The van der Waals surface area contributed by atoms with Gasteiger partial charge in [-0.15, -0.1) is 0 Å². The van der Waals surface area contributed by atoms with E-state index in [-0.39, 0.29) is 6.04 Å². The van der Waals surface area contributed by atoms with Crippen molar-refractivity contribution in [1.29, 1.82) is 0 Å². The maximum Gasteiger partial charge on any atom is 0.331 e. The molecule has 0 aromatic rings. The number of nitrogens with zero attached hydrogens (tertiary/aromatic N) is 1. The highest BCUT2D eigenvalue weighted by Crippen LogP contribution is 2.22. The van der Waals surface area contributed by atoms with Gasteiger partial charge in [-0.05, 0) is 12.8 Å². The largest absolute Gasteiger partial charge is 0.479 e. The van der Waals surface area contributed by atoms with Crippen molar-refractivity contribution in [3.63, 3.8) is 0 Å². The van der Waals surface area contributed by atoms with Crippen molar-refractivity contribution in [3.8, 4) is 0 Å². The minimum atomic E-state index is -3.76. The van der Waals surface area contributed by atoms with Crippen molar-refractivity contribution in [2.75, 3.05) is 13.7 Å². The summed E-state index contributed by atoms with van der Waals surface area (Å²) >= 11 is 0. The predicted octanol–water partition coefficient (Wildman–Crippen LogP) is 0.102. The summed E-state index contributed by atoms with van der Waals surface area (Å²) in [5, 5.41) is 8.32. The zero-order valence-electron chi connectivity index (χ0n) is 9.76. The second-order valence-electron chi connectivity index (χ2n) is 4.08. The number of carboxylic acid groups (broad SMARTS) is 1. The highest BCUT2D eigenvalue weighted by atomic mass is 32.2. The maximum absolute atomic E-state index is 11.7. The van der Waals surface area contributed by atoms with Gasteiger partial charge in [0, 0.05) is 13.1 Å². The molecular formula is C9H18N2O5S. The molecule has 100 valence electrons. The Bertz CT molecular complexity index is 350. The smallest absolute Gasteiger partial charge is 0.331 e. The Morgan fingerprint density at radius 2 is 2.00 bits per heavy atom. The summed E-state index contributed by atoms with van der Waals surface area (Å²) in [7, 11) is -2.28. The summed E-state index contributed by atoms with van der Waals surface area (Å²) in [5.74, 6) is -1.23. The predicted molar refractivity (Wildman–Crippen MR) is 60.3 cm³/mol. The Kier molecular flexibility index (Phi) is 5.31. The number of hydrogen-bond donors (Lipinski definition) is 2. The van der Waals surface area contributed by atoms with Crippen molar-refractivity contribution in [2.24, 2.45) is 0 Å². The second kappa shape index (κ2) is 6.29. The average Bonchev–Trinajstić information content (AvgIpc) is 2.28. The van der Waals surface area contributed by atoms with Gasteiger partial charge in [0.15, 0.2) is 6.61 Å². The molecule has 0 aromatic carbocycles. The van der Waals surface area contributed by atoms with E-state index in [4.69, 9.17) is 5.11 Å². The van der Waals surface area contributed by atoms with Gasteiger partial charge >= 0.3 is 16.2 Å². The third-order valence-electron chi connectivity index (χ3n) is 2.83. The molecule has 2 N–H and O–H groups in total. The van der Waals surface area contributed by atoms with E-state index in [0.717, 1.165) is 32.1 Å². The summed E-state index contributed by atoms with van der Waals surface area (Å²) in [5.41, 5.74) is 0. The molecule has 1 aliphatic carbocycles. The minimum Gasteiger partial charge on any atom is -0.479 e. The monoisotopic (exact) mass is 266 g/mol. The van der Waals surface area contributed by atoms with Gasteiger partial charge in [0.05, 0.1) is 0 Å². The molecule has 0 bridgehead atoms. The normalized spacial score (nSPS) is 18.5. The number of hydrogen-bond acceptors (Lipinski definition) is 4. The quantitative estimate of drug-likeness (QED) is 0.665. The van der Waals surface area contributed by atoms with Crippen molar-refractivity contribution in [1.82, 2.24) is 9.19 Å². The number of rotatable bonds is 6. The Balaban J connectivity index is 2.47. The van der Waals surface area contributed by atoms with Gasteiger partial charge in [0.1, 0.15) is 0 Å². The zero-order chi connectivity index (χ0) is 12.9. The van der Waals surface area contributed by atoms with E-state index in [0.29, 0.717) is 0 Å². The van der Waals surface area contributed by atoms with Gasteiger partial charge in [-0.1, -0.05) is 24.1 Å². The fourth-order valence-electron chi connectivity index (χ4n) is 1.87. The summed E-state index contributed by atoms with van der Waals surface area (Å²) in [6.07, 6.45) is 4.82. The number of carbonyl (C=O) groups is 1. The van der Waals surface area contributed by atoms with Gasteiger partial charge in [-0.3, -0.25) is 4.84 Å².